The maximum Gasteiger partial charge on any atom is 0.292 e. The number of aromatic nitrogens is 2. The van der Waals surface area contributed by atoms with Gasteiger partial charge in [0.05, 0.1) is 11.1 Å². The highest BCUT2D eigenvalue weighted by Gasteiger charge is 2.12. The molecular formula is C9H8N4O2. The summed E-state index contributed by atoms with van der Waals surface area (Å²) in [5.41, 5.74) is 0.471. The molecule has 0 saturated heterocycles. The van der Waals surface area contributed by atoms with Crippen LogP contribution in [0.2, 0.25) is 0 Å². The first-order chi connectivity index (χ1) is 7.27. The molecular weight excluding hydrogens is 196 g/mol. The molecule has 0 fully saturated rings. The largest absolute Gasteiger partial charge is 0.335 e. The fraction of sp³-hybridized carbons (Fsp3) is 0. The molecule has 0 spiro atoms. The lowest BCUT2D eigenvalue weighted by molar-refractivity contribution is -0.383. The monoisotopic (exact) mass is 204 g/mol. The predicted octanol–water partition coefficient (Wildman–Crippen LogP) is 2.06. The Morgan fingerprint density at radius 3 is 2.80 bits per heavy atom. The molecule has 1 heterocycles. The lowest BCUT2D eigenvalue weighted by Crippen LogP contribution is -1.96. The van der Waals surface area contributed by atoms with Gasteiger partial charge in [-0.25, -0.2) is 0 Å². The number of nitro groups is 1. The zero-order valence-corrected chi connectivity index (χ0v) is 7.68. The number of nitro benzene ring substituents is 1. The molecule has 0 aliphatic heterocycles. The Labute approximate surface area is 85.1 Å². The second-order valence-corrected chi connectivity index (χ2v) is 2.87. The Morgan fingerprint density at radius 1 is 1.33 bits per heavy atom. The van der Waals surface area contributed by atoms with E-state index in [0.717, 1.165) is 0 Å². The number of hydrogen-bond acceptors (Lipinski definition) is 4. The fourth-order valence-corrected chi connectivity index (χ4v) is 1.21. The molecule has 0 amide bonds. The summed E-state index contributed by atoms with van der Waals surface area (Å²) in [6.07, 6.45) is 1.57. The van der Waals surface area contributed by atoms with Crippen molar-refractivity contribution in [2.24, 2.45) is 0 Å². The molecule has 6 nitrogen and oxygen atoms in total. The summed E-state index contributed by atoms with van der Waals surface area (Å²) in [5, 5.41) is 20.0. The van der Waals surface area contributed by atoms with E-state index in [-0.39, 0.29) is 5.69 Å². The molecule has 76 valence electrons. The van der Waals surface area contributed by atoms with Crippen molar-refractivity contribution in [3.05, 3.63) is 46.6 Å². The van der Waals surface area contributed by atoms with Crippen molar-refractivity contribution in [3.63, 3.8) is 0 Å². The standard InChI is InChI=1S/C9H8N4O2/c14-13(15)8-4-2-1-3-7(8)11-9-5-6-10-12-9/h1-6H,(H2,10,11,12). The van der Waals surface area contributed by atoms with Crippen LogP contribution < -0.4 is 5.32 Å². The number of nitrogens with one attached hydrogen (secondary N) is 2. The lowest BCUT2D eigenvalue weighted by Gasteiger charge is -2.03. The van der Waals surface area contributed by atoms with Gasteiger partial charge in [-0.1, -0.05) is 12.1 Å². The second-order valence-electron chi connectivity index (χ2n) is 2.87. The molecule has 2 rings (SSSR count). The lowest BCUT2D eigenvalue weighted by atomic mass is 10.2. The smallest absolute Gasteiger partial charge is 0.292 e. The first kappa shape index (κ1) is 9.20. The van der Waals surface area contributed by atoms with Gasteiger partial charge in [-0.3, -0.25) is 15.2 Å². The number of aromatic amines is 1. The fourth-order valence-electron chi connectivity index (χ4n) is 1.21. The van der Waals surface area contributed by atoms with Gasteiger partial charge >= 0.3 is 0 Å². The number of hydrogen-bond donors (Lipinski definition) is 2. The first-order valence-electron chi connectivity index (χ1n) is 4.27. The number of rotatable bonds is 3. The molecule has 0 bridgehead atoms. The Bertz CT molecular complexity index is 467. The maximum atomic E-state index is 10.7. The van der Waals surface area contributed by atoms with Crippen molar-refractivity contribution in [3.8, 4) is 0 Å². The summed E-state index contributed by atoms with van der Waals surface area (Å²) >= 11 is 0. The summed E-state index contributed by atoms with van der Waals surface area (Å²) in [6, 6.07) is 8.12. The molecule has 1 aromatic carbocycles. The topological polar surface area (TPSA) is 83.8 Å². The quantitative estimate of drug-likeness (QED) is 0.592. The molecule has 2 aromatic rings. The average Bonchev–Trinajstić information content (AvgIpc) is 2.71. The van der Waals surface area contributed by atoms with Crippen molar-refractivity contribution in [1.82, 2.24) is 10.2 Å². The Kier molecular flexibility index (Phi) is 2.32. The second kappa shape index (κ2) is 3.79. The van der Waals surface area contributed by atoms with E-state index in [9.17, 15) is 10.1 Å². The summed E-state index contributed by atoms with van der Waals surface area (Å²) in [5.74, 6) is 0.615. The average molecular weight is 204 g/mol. The molecule has 0 radical (unpaired) electrons. The third-order valence-electron chi connectivity index (χ3n) is 1.87. The molecule has 0 unspecified atom stereocenters. The molecule has 15 heavy (non-hydrogen) atoms. The summed E-state index contributed by atoms with van der Waals surface area (Å²) in [6.45, 7) is 0. The van der Waals surface area contributed by atoms with Crippen LogP contribution in [0.5, 0.6) is 0 Å². The van der Waals surface area contributed by atoms with E-state index in [2.05, 4.69) is 15.5 Å². The molecule has 1 aromatic heterocycles. The molecule has 2 N–H and O–H groups in total. The van der Waals surface area contributed by atoms with Crippen molar-refractivity contribution in [2.75, 3.05) is 5.32 Å². The molecule has 0 saturated carbocycles. The van der Waals surface area contributed by atoms with E-state index in [0.29, 0.717) is 11.5 Å². The Morgan fingerprint density at radius 2 is 2.13 bits per heavy atom. The van der Waals surface area contributed by atoms with E-state index in [1.54, 1.807) is 30.5 Å². The zero-order chi connectivity index (χ0) is 10.7. The highest BCUT2D eigenvalue weighted by Crippen LogP contribution is 2.25. The van der Waals surface area contributed by atoms with Gasteiger partial charge in [-0.15, -0.1) is 0 Å². The minimum Gasteiger partial charge on any atom is -0.335 e. The summed E-state index contributed by atoms with van der Waals surface area (Å²) in [4.78, 5) is 10.3. The molecule has 0 aliphatic rings. The van der Waals surface area contributed by atoms with Crippen LogP contribution in [-0.4, -0.2) is 15.1 Å². The minimum atomic E-state index is -0.432. The van der Waals surface area contributed by atoms with E-state index in [4.69, 9.17) is 0 Å². The van der Waals surface area contributed by atoms with Crippen LogP contribution in [0.1, 0.15) is 0 Å². The van der Waals surface area contributed by atoms with Crippen LogP contribution in [0.25, 0.3) is 0 Å². The van der Waals surface area contributed by atoms with Crippen molar-refractivity contribution < 1.29 is 4.92 Å². The van der Waals surface area contributed by atoms with Gasteiger partial charge in [0.15, 0.2) is 0 Å². The maximum absolute atomic E-state index is 10.7. The normalized spacial score (nSPS) is 9.87. The van der Waals surface area contributed by atoms with Gasteiger partial charge in [0.2, 0.25) is 0 Å². The van der Waals surface area contributed by atoms with Crippen LogP contribution in [0.15, 0.2) is 36.5 Å². The summed E-state index contributed by atoms with van der Waals surface area (Å²) in [7, 11) is 0. The van der Waals surface area contributed by atoms with Crippen LogP contribution in [0.3, 0.4) is 0 Å². The predicted molar refractivity (Wildman–Crippen MR) is 55.0 cm³/mol. The van der Waals surface area contributed by atoms with Gasteiger partial charge in [0.25, 0.3) is 5.69 Å². The van der Waals surface area contributed by atoms with E-state index < -0.39 is 4.92 Å². The third-order valence-corrected chi connectivity index (χ3v) is 1.87. The molecule has 0 atom stereocenters. The van der Waals surface area contributed by atoms with Crippen molar-refractivity contribution in [2.45, 2.75) is 0 Å². The SMILES string of the molecule is O=[N+]([O-])c1ccccc1Nc1ccn[nH]1. The van der Waals surface area contributed by atoms with Crippen LogP contribution in [0.4, 0.5) is 17.2 Å². The van der Waals surface area contributed by atoms with Crippen LogP contribution in [0, 0.1) is 10.1 Å². The highest BCUT2D eigenvalue weighted by atomic mass is 16.6. The van der Waals surface area contributed by atoms with Crippen LogP contribution in [-0.2, 0) is 0 Å². The number of para-hydroxylation sites is 2. The van der Waals surface area contributed by atoms with Crippen LogP contribution >= 0.6 is 0 Å². The Balaban J connectivity index is 2.32. The molecule has 6 heteroatoms. The van der Waals surface area contributed by atoms with Gasteiger partial charge < -0.3 is 5.32 Å². The first-order valence-corrected chi connectivity index (χ1v) is 4.27. The number of nitrogens with zero attached hydrogens (tertiary/aromatic N) is 2. The van der Waals surface area contributed by atoms with Gasteiger partial charge in [-0.05, 0) is 6.07 Å². The number of anilines is 2. The van der Waals surface area contributed by atoms with Gasteiger partial charge in [-0.2, -0.15) is 5.10 Å². The van der Waals surface area contributed by atoms with E-state index in [1.165, 1.54) is 6.07 Å². The van der Waals surface area contributed by atoms with Crippen molar-refractivity contribution in [1.29, 1.82) is 0 Å². The number of H-pyrrole nitrogens is 1. The van der Waals surface area contributed by atoms with E-state index >= 15 is 0 Å². The van der Waals surface area contributed by atoms with Crippen molar-refractivity contribution >= 4 is 17.2 Å². The molecule has 0 aliphatic carbocycles. The van der Waals surface area contributed by atoms with Gasteiger partial charge in [0.1, 0.15) is 11.5 Å². The van der Waals surface area contributed by atoms with E-state index in [1.807, 2.05) is 0 Å². The highest BCUT2D eigenvalue weighted by molar-refractivity contribution is 5.67. The van der Waals surface area contributed by atoms with Gasteiger partial charge in [0, 0.05) is 12.1 Å². The summed E-state index contributed by atoms with van der Waals surface area (Å²) < 4.78 is 0. The third kappa shape index (κ3) is 1.93. The number of benzene rings is 1. The minimum absolute atomic E-state index is 0.0344. The zero-order valence-electron chi connectivity index (χ0n) is 7.68. The Hall–Kier alpha value is -2.37.